The third kappa shape index (κ3) is 2.61. The van der Waals surface area contributed by atoms with Crippen molar-refractivity contribution < 1.29 is 4.79 Å². The van der Waals surface area contributed by atoms with Gasteiger partial charge in [-0.2, -0.15) is 0 Å². The zero-order valence-corrected chi connectivity index (χ0v) is 12.6. The van der Waals surface area contributed by atoms with Crippen LogP contribution < -0.4 is 5.32 Å². The SMILES string of the molecule is O=C(NCC1CCCCC1Br)C1CC2CCC1C2. The van der Waals surface area contributed by atoms with Gasteiger partial charge in [-0.15, -0.1) is 0 Å². The number of hydrogen-bond acceptors (Lipinski definition) is 1. The van der Waals surface area contributed by atoms with E-state index in [0.29, 0.717) is 28.5 Å². The molecule has 3 saturated carbocycles. The molecule has 5 unspecified atom stereocenters. The van der Waals surface area contributed by atoms with E-state index in [1.807, 2.05) is 0 Å². The quantitative estimate of drug-likeness (QED) is 0.794. The minimum absolute atomic E-state index is 0.348. The van der Waals surface area contributed by atoms with E-state index >= 15 is 0 Å². The van der Waals surface area contributed by atoms with Crippen LogP contribution in [0.5, 0.6) is 0 Å². The Balaban J connectivity index is 1.46. The zero-order chi connectivity index (χ0) is 12.5. The molecule has 3 fully saturated rings. The van der Waals surface area contributed by atoms with E-state index in [1.165, 1.54) is 51.4 Å². The predicted octanol–water partition coefficient (Wildman–Crippen LogP) is 3.49. The minimum atomic E-state index is 0.348. The highest BCUT2D eigenvalue weighted by molar-refractivity contribution is 9.09. The largest absolute Gasteiger partial charge is 0.356 e. The summed E-state index contributed by atoms with van der Waals surface area (Å²) in [4.78, 5) is 12.9. The molecule has 0 aromatic carbocycles. The highest BCUT2D eigenvalue weighted by Crippen LogP contribution is 2.48. The molecule has 0 aliphatic heterocycles. The standard InChI is InChI=1S/C15H24BrNO/c16-14-4-2-1-3-12(14)9-17-15(18)13-8-10-5-6-11(13)7-10/h10-14H,1-9H2,(H,17,18). The van der Waals surface area contributed by atoms with E-state index in [2.05, 4.69) is 21.2 Å². The Kier molecular flexibility index (Phi) is 3.97. The molecular weight excluding hydrogens is 290 g/mol. The van der Waals surface area contributed by atoms with Crippen LogP contribution in [0.3, 0.4) is 0 Å². The molecule has 0 aromatic rings. The molecule has 5 atom stereocenters. The van der Waals surface area contributed by atoms with E-state index in [1.54, 1.807) is 0 Å². The Bertz CT molecular complexity index is 320. The maximum atomic E-state index is 12.3. The summed E-state index contributed by atoms with van der Waals surface area (Å²) in [7, 11) is 0. The van der Waals surface area contributed by atoms with Gasteiger partial charge in [0.25, 0.3) is 0 Å². The van der Waals surface area contributed by atoms with Crippen LogP contribution in [0.1, 0.15) is 51.4 Å². The van der Waals surface area contributed by atoms with Gasteiger partial charge in [-0.25, -0.2) is 0 Å². The average molecular weight is 314 g/mol. The Morgan fingerprint density at radius 3 is 2.61 bits per heavy atom. The van der Waals surface area contributed by atoms with Gasteiger partial charge in [0.05, 0.1) is 0 Å². The second-order valence-electron chi connectivity index (χ2n) is 6.59. The lowest BCUT2D eigenvalue weighted by atomic mass is 9.87. The van der Waals surface area contributed by atoms with Crippen molar-refractivity contribution in [3.8, 4) is 0 Å². The van der Waals surface area contributed by atoms with Gasteiger partial charge < -0.3 is 5.32 Å². The van der Waals surface area contributed by atoms with Crippen LogP contribution in [0.2, 0.25) is 0 Å². The molecule has 0 aromatic heterocycles. The number of amides is 1. The number of halogens is 1. The van der Waals surface area contributed by atoms with Crippen molar-refractivity contribution in [3.05, 3.63) is 0 Å². The van der Waals surface area contributed by atoms with Crippen LogP contribution >= 0.6 is 15.9 Å². The fourth-order valence-corrected chi connectivity index (χ4v) is 5.10. The highest BCUT2D eigenvalue weighted by atomic mass is 79.9. The third-order valence-corrected chi connectivity index (χ3v) is 6.64. The molecular formula is C15H24BrNO. The van der Waals surface area contributed by atoms with Gasteiger partial charge >= 0.3 is 0 Å². The lowest BCUT2D eigenvalue weighted by Crippen LogP contribution is -2.39. The first-order valence-corrected chi connectivity index (χ1v) is 8.57. The number of fused-ring (bicyclic) bond motifs is 2. The van der Waals surface area contributed by atoms with Crippen molar-refractivity contribution in [2.75, 3.05) is 6.54 Å². The van der Waals surface area contributed by atoms with Crippen LogP contribution in [0.15, 0.2) is 0 Å². The van der Waals surface area contributed by atoms with Crippen molar-refractivity contribution in [1.82, 2.24) is 5.32 Å². The monoisotopic (exact) mass is 313 g/mol. The van der Waals surface area contributed by atoms with Crippen LogP contribution in [-0.2, 0) is 4.79 Å². The molecule has 102 valence electrons. The number of hydrogen-bond donors (Lipinski definition) is 1. The van der Waals surface area contributed by atoms with Crippen molar-refractivity contribution in [1.29, 1.82) is 0 Å². The number of alkyl halides is 1. The Morgan fingerprint density at radius 2 is 1.94 bits per heavy atom. The van der Waals surface area contributed by atoms with Crippen LogP contribution in [0.4, 0.5) is 0 Å². The highest BCUT2D eigenvalue weighted by Gasteiger charge is 2.43. The molecule has 18 heavy (non-hydrogen) atoms. The zero-order valence-electron chi connectivity index (χ0n) is 11.0. The molecule has 1 amide bonds. The molecule has 3 heteroatoms. The van der Waals surface area contributed by atoms with Gasteiger partial charge in [-0.05, 0) is 49.9 Å². The first-order valence-electron chi connectivity index (χ1n) is 7.66. The Morgan fingerprint density at radius 1 is 1.11 bits per heavy atom. The number of carbonyl (C=O) groups excluding carboxylic acids is 1. The molecule has 0 radical (unpaired) electrons. The van der Waals surface area contributed by atoms with Gasteiger partial charge in [0, 0.05) is 17.3 Å². The van der Waals surface area contributed by atoms with Gasteiger partial charge in [-0.3, -0.25) is 4.79 Å². The maximum absolute atomic E-state index is 12.3. The second kappa shape index (κ2) is 5.52. The average Bonchev–Trinajstić information content (AvgIpc) is 2.99. The number of rotatable bonds is 3. The first-order chi connectivity index (χ1) is 8.74. The summed E-state index contributed by atoms with van der Waals surface area (Å²) < 4.78 is 0. The van der Waals surface area contributed by atoms with Crippen molar-refractivity contribution in [2.24, 2.45) is 23.7 Å². The first kappa shape index (κ1) is 13.0. The molecule has 0 spiro atoms. The normalized spacial score (nSPS) is 43.1. The second-order valence-corrected chi connectivity index (χ2v) is 7.76. The molecule has 0 saturated heterocycles. The van der Waals surface area contributed by atoms with E-state index in [0.717, 1.165) is 12.5 Å². The lowest BCUT2D eigenvalue weighted by molar-refractivity contribution is -0.126. The van der Waals surface area contributed by atoms with Gasteiger partial charge in [0.1, 0.15) is 0 Å². The summed E-state index contributed by atoms with van der Waals surface area (Å²) in [6, 6.07) is 0. The fourth-order valence-electron chi connectivity index (χ4n) is 4.32. The van der Waals surface area contributed by atoms with Crippen LogP contribution in [-0.4, -0.2) is 17.3 Å². The third-order valence-electron chi connectivity index (χ3n) is 5.43. The van der Waals surface area contributed by atoms with Gasteiger partial charge in [-0.1, -0.05) is 35.2 Å². The van der Waals surface area contributed by atoms with Crippen LogP contribution in [0, 0.1) is 23.7 Å². The predicted molar refractivity (Wildman–Crippen MR) is 76.6 cm³/mol. The van der Waals surface area contributed by atoms with Crippen molar-refractivity contribution in [2.45, 2.75) is 56.2 Å². The Hall–Kier alpha value is -0.0500. The lowest BCUT2D eigenvalue weighted by Gasteiger charge is -2.28. The molecule has 1 N–H and O–H groups in total. The minimum Gasteiger partial charge on any atom is -0.356 e. The number of carbonyl (C=O) groups is 1. The van der Waals surface area contributed by atoms with Crippen molar-refractivity contribution >= 4 is 21.8 Å². The maximum Gasteiger partial charge on any atom is 0.223 e. The van der Waals surface area contributed by atoms with Gasteiger partial charge in [0.15, 0.2) is 0 Å². The van der Waals surface area contributed by atoms with E-state index < -0.39 is 0 Å². The van der Waals surface area contributed by atoms with Crippen molar-refractivity contribution in [3.63, 3.8) is 0 Å². The summed E-state index contributed by atoms with van der Waals surface area (Å²) in [5.74, 6) is 2.93. The fraction of sp³-hybridized carbons (Fsp3) is 0.933. The van der Waals surface area contributed by atoms with E-state index in [-0.39, 0.29) is 0 Å². The molecule has 2 bridgehead atoms. The topological polar surface area (TPSA) is 29.1 Å². The van der Waals surface area contributed by atoms with E-state index in [4.69, 9.17) is 0 Å². The summed E-state index contributed by atoms with van der Waals surface area (Å²) in [6.07, 6.45) is 10.4. The molecule has 3 aliphatic carbocycles. The molecule has 0 heterocycles. The number of nitrogens with one attached hydrogen (secondary N) is 1. The molecule has 2 nitrogen and oxygen atoms in total. The Labute approximate surface area is 118 Å². The summed E-state index contributed by atoms with van der Waals surface area (Å²) in [5, 5.41) is 3.24. The van der Waals surface area contributed by atoms with E-state index in [9.17, 15) is 4.79 Å². The summed E-state index contributed by atoms with van der Waals surface area (Å²) in [6.45, 7) is 0.892. The summed E-state index contributed by atoms with van der Waals surface area (Å²) in [5.41, 5.74) is 0. The molecule has 3 aliphatic rings. The molecule has 3 rings (SSSR count). The van der Waals surface area contributed by atoms with Gasteiger partial charge in [0.2, 0.25) is 5.91 Å². The van der Waals surface area contributed by atoms with Crippen LogP contribution in [0.25, 0.3) is 0 Å². The summed E-state index contributed by atoms with van der Waals surface area (Å²) >= 11 is 3.77. The smallest absolute Gasteiger partial charge is 0.223 e.